The Kier molecular flexibility index (Phi) is 13.1. The molecule has 13 heteroatoms. The lowest BCUT2D eigenvalue weighted by Gasteiger charge is -2.23. The summed E-state index contributed by atoms with van der Waals surface area (Å²) in [4.78, 5) is 61.9. The van der Waals surface area contributed by atoms with Crippen LogP contribution < -0.4 is 27.0 Å². The van der Waals surface area contributed by atoms with Gasteiger partial charge in [-0.05, 0) is 30.0 Å². The quantitative estimate of drug-likeness (QED) is 0.144. The number of nitrogens with two attached hydrogens (primary N) is 2. The largest absolute Gasteiger partial charge is 0.507 e. The minimum absolute atomic E-state index is 0.0251. The number of hydrogen-bond acceptors (Lipinski definition) is 8. The first-order chi connectivity index (χ1) is 19.5. The molecule has 0 aliphatic rings. The summed E-state index contributed by atoms with van der Waals surface area (Å²) in [6, 6.07) is 10.3. The summed E-state index contributed by atoms with van der Waals surface area (Å²) in [7, 11) is 1.17. The highest BCUT2D eigenvalue weighted by molar-refractivity contribution is 5.97. The second-order valence-corrected chi connectivity index (χ2v) is 9.39. The van der Waals surface area contributed by atoms with E-state index in [9.17, 15) is 29.1 Å². The van der Waals surface area contributed by atoms with E-state index < -0.39 is 47.7 Å². The van der Waals surface area contributed by atoms with Crippen LogP contribution >= 0.6 is 0 Å². The van der Waals surface area contributed by atoms with Crippen LogP contribution in [0.4, 0.5) is 15.3 Å². The van der Waals surface area contributed by atoms with Gasteiger partial charge in [0.15, 0.2) is 6.04 Å². The molecule has 222 valence electrons. The first-order valence-corrected chi connectivity index (χ1v) is 13.2. The van der Waals surface area contributed by atoms with E-state index in [1.165, 1.54) is 30.6 Å². The Morgan fingerprint density at radius 1 is 1.07 bits per heavy atom. The van der Waals surface area contributed by atoms with Crippen LogP contribution in [0.3, 0.4) is 0 Å². The Balaban J connectivity index is 2.14. The molecule has 0 heterocycles. The highest BCUT2D eigenvalue weighted by atomic mass is 16.5. The van der Waals surface area contributed by atoms with E-state index in [4.69, 9.17) is 10.5 Å². The molecule has 0 aliphatic carbocycles. The number of phenolic OH excluding ortho intramolecular Hbond substituents is 1. The maximum absolute atomic E-state index is 13.4. The fraction of sp³-hybridized carbons (Fsp3) is 0.393. The number of carbonyl (C=O) groups excluding carboxylic acids is 5. The fourth-order valence-electron chi connectivity index (χ4n) is 3.87. The Hall–Kier alpha value is -4.65. The van der Waals surface area contributed by atoms with Gasteiger partial charge in [0.2, 0.25) is 0 Å². The van der Waals surface area contributed by atoms with E-state index in [0.717, 1.165) is 5.56 Å². The first-order valence-electron chi connectivity index (χ1n) is 13.2. The van der Waals surface area contributed by atoms with Crippen molar-refractivity contribution in [3.8, 4) is 5.75 Å². The van der Waals surface area contributed by atoms with Gasteiger partial charge in [0, 0.05) is 24.7 Å². The zero-order valence-electron chi connectivity index (χ0n) is 23.3. The van der Waals surface area contributed by atoms with Gasteiger partial charge < -0.3 is 36.3 Å². The minimum Gasteiger partial charge on any atom is -0.507 e. The molecular weight excluding hydrogens is 534 g/mol. The van der Waals surface area contributed by atoms with Crippen molar-refractivity contribution in [1.82, 2.24) is 10.6 Å². The van der Waals surface area contributed by atoms with Gasteiger partial charge in [-0.3, -0.25) is 10.1 Å². The topological polar surface area (TPSA) is 203 Å². The van der Waals surface area contributed by atoms with Crippen molar-refractivity contribution >= 4 is 35.6 Å². The normalized spacial score (nSPS) is 12.8. The van der Waals surface area contributed by atoms with Crippen LogP contribution in [0.5, 0.6) is 5.75 Å². The van der Waals surface area contributed by atoms with Crippen LogP contribution in [0.1, 0.15) is 49.0 Å². The lowest BCUT2D eigenvalue weighted by atomic mass is 9.97. The van der Waals surface area contributed by atoms with Gasteiger partial charge in [-0.2, -0.15) is 0 Å². The summed E-state index contributed by atoms with van der Waals surface area (Å²) in [6.45, 7) is 3.86. The molecule has 2 aromatic rings. The molecule has 2 rings (SSSR count). The number of carbonyl (C=O) groups is 5. The summed E-state index contributed by atoms with van der Waals surface area (Å²) in [5.74, 6) is -2.47. The molecule has 3 unspecified atom stereocenters. The van der Waals surface area contributed by atoms with Crippen molar-refractivity contribution in [2.45, 2.75) is 51.8 Å². The molecule has 2 aromatic carbocycles. The number of methoxy groups -OCH3 is 1. The van der Waals surface area contributed by atoms with Gasteiger partial charge in [-0.1, -0.05) is 50.6 Å². The van der Waals surface area contributed by atoms with Crippen molar-refractivity contribution < 1.29 is 43.9 Å². The number of rotatable bonds is 14. The van der Waals surface area contributed by atoms with E-state index >= 15 is 0 Å². The molecule has 0 aromatic heterocycles. The number of alkyl carbamates (subject to hydrolysis) is 1. The smallest absolute Gasteiger partial charge is 0.408 e. The second-order valence-electron chi connectivity index (χ2n) is 9.39. The summed E-state index contributed by atoms with van der Waals surface area (Å²) in [5, 5.41) is 19.1. The molecular formula is C28H38N5O8+. The highest BCUT2D eigenvalue weighted by Gasteiger charge is 2.34. The van der Waals surface area contributed by atoms with Crippen molar-refractivity contribution in [1.29, 1.82) is 0 Å². The van der Waals surface area contributed by atoms with Gasteiger partial charge in [0.1, 0.15) is 24.0 Å². The average molecular weight is 573 g/mol. The van der Waals surface area contributed by atoms with Gasteiger partial charge in [0.25, 0.3) is 5.91 Å². The van der Waals surface area contributed by atoms with Crippen LogP contribution in [0, 0.1) is 5.92 Å². The predicted octanol–water partition coefficient (Wildman–Crippen LogP) is 1.37. The lowest BCUT2D eigenvalue weighted by molar-refractivity contribution is -0.594. The molecule has 0 saturated carbocycles. The first kappa shape index (κ1) is 32.6. The van der Waals surface area contributed by atoms with E-state index in [1.807, 2.05) is 25.1 Å². The van der Waals surface area contributed by atoms with Gasteiger partial charge in [-0.25, -0.2) is 19.2 Å². The Bertz CT molecular complexity index is 1210. The van der Waals surface area contributed by atoms with Crippen molar-refractivity contribution in [2.24, 2.45) is 11.7 Å². The number of anilines is 1. The number of esters is 1. The number of amides is 5. The van der Waals surface area contributed by atoms with E-state index in [2.05, 4.69) is 20.7 Å². The molecule has 3 atom stereocenters. The summed E-state index contributed by atoms with van der Waals surface area (Å²) >= 11 is 0. The van der Waals surface area contributed by atoms with Gasteiger partial charge in [-0.15, -0.1) is 0 Å². The SMILES string of the molecule is CCC(C)C(NC(=O)OCc1ccccc1)C(=O)[NH2+]C(CCCNC(N)=O)C(=O)Nc1ccc(C(=O)OC)c(O)c1. The molecule has 13 nitrogen and oxygen atoms in total. The fourth-order valence-corrected chi connectivity index (χ4v) is 3.87. The van der Waals surface area contributed by atoms with Gasteiger partial charge >= 0.3 is 24.0 Å². The summed E-state index contributed by atoms with van der Waals surface area (Å²) in [6.07, 6.45) is 0.274. The average Bonchev–Trinajstić information content (AvgIpc) is 2.95. The third-order valence-electron chi connectivity index (χ3n) is 6.37. The maximum atomic E-state index is 13.4. The number of ether oxygens (including phenoxy) is 2. The molecule has 0 saturated heterocycles. The van der Waals surface area contributed by atoms with Crippen LogP contribution in [-0.2, 0) is 25.7 Å². The molecule has 0 radical (unpaired) electrons. The number of urea groups is 1. The molecule has 0 spiro atoms. The number of quaternary nitrogens is 1. The zero-order chi connectivity index (χ0) is 30.4. The molecule has 0 fully saturated rings. The highest BCUT2D eigenvalue weighted by Crippen LogP contribution is 2.23. The predicted molar refractivity (Wildman–Crippen MR) is 149 cm³/mol. The molecule has 41 heavy (non-hydrogen) atoms. The van der Waals surface area contributed by atoms with Crippen LogP contribution in [0.15, 0.2) is 48.5 Å². The molecule has 5 amide bonds. The Labute approximate surface area is 238 Å². The van der Waals surface area contributed by atoms with Crippen LogP contribution in [0.25, 0.3) is 0 Å². The number of nitrogens with one attached hydrogen (secondary N) is 3. The van der Waals surface area contributed by atoms with Crippen molar-refractivity contribution in [2.75, 3.05) is 19.0 Å². The van der Waals surface area contributed by atoms with Crippen LogP contribution in [0.2, 0.25) is 0 Å². The number of aromatic hydroxyl groups is 1. The van der Waals surface area contributed by atoms with E-state index in [-0.39, 0.29) is 36.7 Å². The lowest BCUT2D eigenvalue weighted by Crippen LogP contribution is -2.98. The summed E-state index contributed by atoms with van der Waals surface area (Å²) in [5.41, 5.74) is 5.99. The third kappa shape index (κ3) is 10.8. The molecule has 8 N–H and O–H groups in total. The van der Waals surface area contributed by atoms with Crippen molar-refractivity contribution in [3.63, 3.8) is 0 Å². The number of benzene rings is 2. The Morgan fingerprint density at radius 2 is 1.78 bits per heavy atom. The number of hydrogen-bond donors (Lipinski definition) is 6. The van der Waals surface area contributed by atoms with E-state index in [1.54, 1.807) is 19.1 Å². The molecule has 0 bridgehead atoms. The zero-order valence-corrected chi connectivity index (χ0v) is 23.3. The van der Waals surface area contributed by atoms with Crippen molar-refractivity contribution in [3.05, 3.63) is 59.7 Å². The standard InChI is InChI=1S/C28H37N5O8/c1-4-17(2)23(33-28(39)41-16-18-9-6-5-7-10-18)25(36)32-21(11-8-14-30-27(29)38)24(35)31-19-12-13-20(22(34)15-19)26(37)40-3/h5-7,9-10,12-13,15,17,21,23,34H,4,8,11,14,16H2,1-3H3,(H,31,35)(H,32,36)(H,33,39)(H3,29,30,38)/p+1. The molecule has 0 aliphatic heterocycles. The second kappa shape index (κ2) is 16.5. The Morgan fingerprint density at radius 3 is 2.39 bits per heavy atom. The summed E-state index contributed by atoms with van der Waals surface area (Å²) < 4.78 is 9.88. The number of phenols is 1. The van der Waals surface area contributed by atoms with E-state index in [0.29, 0.717) is 12.8 Å². The van der Waals surface area contributed by atoms with Crippen LogP contribution in [-0.4, -0.2) is 60.8 Å². The number of primary amides is 2. The third-order valence-corrected chi connectivity index (χ3v) is 6.37. The maximum Gasteiger partial charge on any atom is 0.408 e. The minimum atomic E-state index is -0.965. The monoisotopic (exact) mass is 572 g/mol. The van der Waals surface area contributed by atoms with Gasteiger partial charge in [0.05, 0.1) is 7.11 Å².